The third-order valence-electron chi connectivity index (χ3n) is 6.41. The van der Waals surface area contributed by atoms with Gasteiger partial charge in [0.15, 0.2) is 0 Å². The van der Waals surface area contributed by atoms with Gasteiger partial charge in [-0.3, -0.25) is 24.4 Å². The number of hydrogen-bond donors (Lipinski definition) is 6. The molecule has 4 amide bonds. The third kappa shape index (κ3) is 10.7. The molecule has 0 unspecified atom stereocenters. The maximum absolute atomic E-state index is 13.5. The molecule has 3 atom stereocenters. The molecule has 0 aromatic heterocycles. The van der Waals surface area contributed by atoms with E-state index in [0.717, 1.165) is 11.1 Å². The molecule has 0 radical (unpaired) electrons. The molecule has 11 heteroatoms. The maximum Gasteiger partial charge on any atom is 0.266 e. The standard InChI is InChI=1S/C31H36N4O7/c1-21(36)32-28(20-42-19-24-10-6-3-7-11-24)30(39)33-26(17-14-22-8-4-2-5-9-22)29(38)34-27(31(40)35-41)18-23-12-15-25(37)16-13-23/h2-13,15-16,26-28,37,41H,14,17-20H2,1H3,(H,32,36)(H,33,39)(H,34,38)(H,35,40)/t26-,27-,28+/m1/s1. The second-order valence-electron chi connectivity index (χ2n) is 9.75. The zero-order valence-electron chi connectivity index (χ0n) is 23.3. The van der Waals surface area contributed by atoms with E-state index in [2.05, 4.69) is 16.0 Å². The number of phenols is 1. The van der Waals surface area contributed by atoms with E-state index >= 15 is 0 Å². The molecule has 0 aliphatic rings. The first kappa shape index (κ1) is 31.8. The topological polar surface area (TPSA) is 166 Å². The van der Waals surface area contributed by atoms with Crippen LogP contribution in [0.5, 0.6) is 5.75 Å². The number of aromatic hydroxyl groups is 1. The van der Waals surface area contributed by atoms with Crippen molar-refractivity contribution >= 4 is 23.6 Å². The van der Waals surface area contributed by atoms with Gasteiger partial charge in [-0.25, -0.2) is 5.48 Å². The molecule has 42 heavy (non-hydrogen) atoms. The number of hydrogen-bond acceptors (Lipinski definition) is 7. The Morgan fingerprint density at radius 3 is 1.86 bits per heavy atom. The first-order valence-corrected chi connectivity index (χ1v) is 13.5. The normalized spacial score (nSPS) is 12.8. The Bertz CT molecular complexity index is 1300. The highest BCUT2D eigenvalue weighted by Gasteiger charge is 2.29. The zero-order valence-corrected chi connectivity index (χ0v) is 23.3. The van der Waals surface area contributed by atoms with Gasteiger partial charge in [-0.1, -0.05) is 72.8 Å². The van der Waals surface area contributed by atoms with Crippen LogP contribution in [0.1, 0.15) is 30.0 Å². The van der Waals surface area contributed by atoms with E-state index in [1.165, 1.54) is 19.1 Å². The summed E-state index contributed by atoms with van der Waals surface area (Å²) in [5.41, 5.74) is 4.00. The lowest BCUT2D eigenvalue weighted by atomic mass is 10.0. The van der Waals surface area contributed by atoms with Crippen LogP contribution in [0.2, 0.25) is 0 Å². The zero-order chi connectivity index (χ0) is 30.3. The Hall–Kier alpha value is -4.74. The van der Waals surface area contributed by atoms with Crippen LogP contribution in [0.3, 0.4) is 0 Å². The summed E-state index contributed by atoms with van der Waals surface area (Å²) >= 11 is 0. The largest absolute Gasteiger partial charge is 0.508 e. The number of benzene rings is 3. The Balaban J connectivity index is 1.74. The summed E-state index contributed by atoms with van der Waals surface area (Å²) in [6.45, 7) is 1.36. The Kier molecular flexibility index (Phi) is 12.5. The van der Waals surface area contributed by atoms with E-state index in [1.807, 2.05) is 60.7 Å². The fourth-order valence-corrected chi connectivity index (χ4v) is 4.22. The number of nitrogens with one attached hydrogen (secondary N) is 4. The van der Waals surface area contributed by atoms with Crippen molar-refractivity contribution in [1.82, 2.24) is 21.4 Å². The summed E-state index contributed by atoms with van der Waals surface area (Å²) in [6.07, 6.45) is 0.634. The van der Waals surface area contributed by atoms with Crippen LogP contribution < -0.4 is 21.4 Å². The van der Waals surface area contributed by atoms with Crippen LogP contribution >= 0.6 is 0 Å². The molecule has 3 aromatic carbocycles. The second kappa shape index (κ2) is 16.5. The summed E-state index contributed by atoms with van der Waals surface area (Å²) in [4.78, 5) is 51.1. The van der Waals surface area contributed by atoms with Gasteiger partial charge in [0.2, 0.25) is 17.7 Å². The second-order valence-corrected chi connectivity index (χ2v) is 9.75. The van der Waals surface area contributed by atoms with E-state index in [0.29, 0.717) is 12.0 Å². The molecule has 11 nitrogen and oxygen atoms in total. The minimum Gasteiger partial charge on any atom is -0.508 e. The lowest BCUT2D eigenvalue weighted by molar-refractivity contribution is -0.136. The third-order valence-corrected chi connectivity index (χ3v) is 6.41. The lowest BCUT2D eigenvalue weighted by Gasteiger charge is -2.25. The Morgan fingerprint density at radius 2 is 1.26 bits per heavy atom. The molecule has 0 saturated heterocycles. The van der Waals surface area contributed by atoms with E-state index in [-0.39, 0.29) is 31.8 Å². The van der Waals surface area contributed by atoms with Crippen molar-refractivity contribution in [3.63, 3.8) is 0 Å². The van der Waals surface area contributed by atoms with Gasteiger partial charge < -0.3 is 25.8 Å². The van der Waals surface area contributed by atoms with Crippen molar-refractivity contribution in [3.8, 4) is 5.75 Å². The van der Waals surface area contributed by atoms with E-state index < -0.39 is 41.8 Å². The lowest BCUT2D eigenvalue weighted by Crippen LogP contribution is -2.57. The highest BCUT2D eigenvalue weighted by molar-refractivity contribution is 5.94. The van der Waals surface area contributed by atoms with Crippen molar-refractivity contribution in [2.75, 3.05) is 6.61 Å². The quantitative estimate of drug-likeness (QED) is 0.118. The fraction of sp³-hybridized carbons (Fsp3) is 0.290. The summed E-state index contributed by atoms with van der Waals surface area (Å²) < 4.78 is 5.69. The molecular weight excluding hydrogens is 540 g/mol. The monoisotopic (exact) mass is 576 g/mol. The number of carbonyl (C=O) groups excluding carboxylic acids is 4. The van der Waals surface area contributed by atoms with Gasteiger partial charge in [-0.05, 0) is 41.7 Å². The van der Waals surface area contributed by atoms with Gasteiger partial charge in [-0.2, -0.15) is 0 Å². The summed E-state index contributed by atoms with van der Waals surface area (Å²) in [7, 11) is 0. The van der Waals surface area contributed by atoms with Gasteiger partial charge in [0, 0.05) is 13.3 Å². The summed E-state index contributed by atoms with van der Waals surface area (Å²) in [5, 5.41) is 26.7. The van der Waals surface area contributed by atoms with Gasteiger partial charge in [0.05, 0.1) is 13.2 Å². The minimum atomic E-state index is -1.18. The molecule has 6 N–H and O–H groups in total. The first-order chi connectivity index (χ1) is 20.2. The Morgan fingerprint density at radius 1 is 0.690 bits per heavy atom. The van der Waals surface area contributed by atoms with Crippen LogP contribution in [0, 0.1) is 0 Å². The molecule has 0 heterocycles. The van der Waals surface area contributed by atoms with Gasteiger partial charge in [0.25, 0.3) is 5.91 Å². The number of carbonyl (C=O) groups is 4. The van der Waals surface area contributed by atoms with Crippen molar-refractivity contribution in [2.45, 2.75) is 50.9 Å². The average Bonchev–Trinajstić information content (AvgIpc) is 2.99. The molecule has 222 valence electrons. The molecule has 3 aromatic rings. The predicted octanol–water partition coefficient (Wildman–Crippen LogP) is 1.76. The number of amides is 4. The van der Waals surface area contributed by atoms with E-state index in [4.69, 9.17) is 4.74 Å². The number of hydroxylamine groups is 1. The highest BCUT2D eigenvalue weighted by Crippen LogP contribution is 2.12. The molecule has 0 bridgehead atoms. The smallest absolute Gasteiger partial charge is 0.266 e. The molecular formula is C31H36N4O7. The molecule has 0 fully saturated rings. The number of phenolic OH excluding ortho intramolecular Hbond substituents is 1. The average molecular weight is 577 g/mol. The molecule has 0 saturated carbocycles. The van der Waals surface area contributed by atoms with E-state index in [1.54, 1.807) is 17.6 Å². The van der Waals surface area contributed by atoms with Gasteiger partial charge >= 0.3 is 0 Å². The molecule has 3 rings (SSSR count). The minimum absolute atomic E-state index is 0.0135. The van der Waals surface area contributed by atoms with Gasteiger partial charge in [0.1, 0.15) is 23.9 Å². The van der Waals surface area contributed by atoms with Crippen molar-refractivity contribution in [2.24, 2.45) is 0 Å². The molecule has 0 aliphatic heterocycles. The maximum atomic E-state index is 13.5. The molecule has 0 spiro atoms. The van der Waals surface area contributed by atoms with Gasteiger partial charge in [-0.15, -0.1) is 0 Å². The van der Waals surface area contributed by atoms with Crippen molar-refractivity contribution < 1.29 is 34.2 Å². The number of rotatable bonds is 15. The van der Waals surface area contributed by atoms with Crippen LogP contribution in [0.15, 0.2) is 84.9 Å². The van der Waals surface area contributed by atoms with Crippen LogP contribution in [0.25, 0.3) is 0 Å². The number of aryl methyl sites for hydroxylation is 1. The van der Waals surface area contributed by atoms with Crippen molar-refractivity contribution in [1.29, 1.82) is 0 Å². The molecule has 0 aliphatic carbocycles. The Labute approximate surface area is 244 Å². The van der Waals surface area contributed by atoms with Crippen LogP contribution in [-0.2, 0) is 43.4 Å². The highest BCUT2D eigenvalue weighted by atomic mass is 16.5. The number of ether oxygens (including phenoxy) is 1. The summed E-state index contributed by atoms with van der Waals surface area (Å²) in [6, 6.07) is 21.4. The van der Waals surface area contributed by atoms with Crippen LogP contribution in [0.4, 0.5) is 0 Å². The fourth-order valence-electron chi connectivity index (χ4n) is 4.22. The van der Waals surface area contributed by atoms with Crippen LogP contribution in [-0.4, -0.2) is 58.7 Å². The van der Waals surface area contributed by atoms with Crippen molar-refractivity contribution in [3.05, 3.63) is 102 Å². The predicted molar refractivity (Wildman–Crippen MR) is 154 cm³/mol. The first-order valence-electron chi connectivity index (χ1n) is 13.5. The van der Waals surface area contributed by atoms with E-state index in [9.17, 15) is 29.5 Å². The SMILES string of the molecule is CC(=O)N[C@@H](COCc1ccccc1)C(=O)N[C@H](CCc1ccccc1)C(=O)N[C@H](Cc1ccc(O)cc1)C(=O)NO. The summed E-state index contributed by atoms with van der Waals surface area (Å²) in [5.74, 6) is -2.55.